The molecule has 8 heteroatoms. The molecule has 1 fully saturated rings. The third-order valence-corrected chi connectivity index (χ3v) is 6.63. The number of alkyl carbamates (subject to hydrolysis) is 1. The van der Waals surface area contributed by atoms with Crippen molar-refractivity contribution in [3.05, 3.63) is 59.7 Å². The molecule has 4 rings (SSSR count). The SMILES string of the molecule is C#CCC(NC(=O)OCC1c2ccccc2-c2ccccc21)C(=O)N(C)C1(C(=O)O)CCOC1. The Balaban J connectivity index is 1.45. The van der Waals surface area contributed by atoms with Gasteiger partial charge in [0.1, 0.15) is 12.6 Å². The number of carboxylic acid groups (broad SMARTS) is 1. The Kier molecular flexibility index (Phi) is 6.57. The summed E-state index contributed by atoms with van der Waals surface area (Å²) in [5.74, 6) is 0.460. The summed E-state index contributed by atoms with van der Waals surface area (Å²) in [5, 5.41) is 12.2. The molecule has 0 aromatic heterocycles. The predicted octanol–water partition coefficient (Wildman–Crippen LogP) is 2.62. The van der Waals surface area contributed by atoms with Gasteiger partial charge in [-0.1, -0.05) is 48.5 Å². The normalized spacial score (nSPS) is 19.4. The van der Waals surface area contributed by atoms with Crippen LogP contribution in [0.2, 0.25) is 0 Å². The third kappa shape index (κ3) is 4.11. The average molecular weight is 463 g/mol. The molecule has 1 heterocycles. The number of likely N-dealkylation sites (N-methyl/N-ethyl adjacent to an activating group) is 1. The highest BCUT2D eigenvalue weighted by Crippen LogP contribution is 2.44. The number of fused-ring (bicyclic) bond motifs is 3. The van der Waals surface area contributed by atoms with Gasteiger partial charge in [-0.3, -0.25) is 4.79 Å². The van der Waals surface area contributed by atoms with E-state index in [1.165, 1.54) is 7.05 Å². The quantitative estimate of drug-likeness (QED) is 0.613. The molecule has 0 radical (unpaired) electrons. The molecule has 1 aliphatic heterocycles. The van der Waals surface area contributed by atoms with Gasteiger partial charge < -0.3 is 24.8 Å². The van der Waals surface area contributed by atoms with E-state index in [0.717, 1.165) is 27.2 Å². The fraction of sp³-hybridized carbons (Fsp3) is 0.346. The van der Waals surface area contributed by atoms with Crippen LogP contribution in [-0.2, 0) is 19.1 Å². The summed E-state index contributed by atoms with van der Waals surface area (Å²) in [6, 6.07) is 14.8. The van der Waals surface area contributed by atoms with Crippen molar-refractivity contribution in [2.45, 2.75) is 30.3 Å². The Bertz CT molecular complexity index is 1100. The van der Waals surface area contributed by atoms with Crippen LogP contribution in [0.5, 0.6) is 0 Å². The zero-order chi connectivity index (χ0) is 24.3. The number of carbonyl (C=O) groups is 3. The number of carboxylic acids is 1. The highest BCUT2D eigenvalue weighted by molar-refractivity contribution is 5.91. The number of amides is 2. The van der Waals surface area contributed by atoms with E-state index in [9.17, 15) is 19.5 Å². The van der Waals surface area contributed by atoms with Gasteiger partial charge >= 0.3 is 12.1 Å². The lowest BCUT2D eigenvalue weighted by Gasteiger charge is -2.35. The molecule has 8 nitrogen and oxygen atoms in total. The lowest BCUT2D eigenvalue weighted by molar-refractivity contribution is -0.158. The zero-order valence-corrected chi connectivity index (χ0v) is 18.8. The van der Waals surface area contributed by atoms with Crippen molar-refractivity contribution < 1.29 is 29.0 Å². The molecule has 2 aliphatic rings. The number of ether oxygens (including phenoxy) is 2. The van der Waals surface area contributed by atoms with Gasteiger partial charge in [0.05, 0.1) is 6.61 Å². The van der Waals surface area contributed by atoms with E-state index >= 15 is 0 Å². The van der Waals surface area contributed by atoms with Gasteiger partial charge in [0.15, 0.2) is 5.54 Å². The fourth-order valence-electron chi connectivity index (χ4n) is 4.68. The Morgan fingerprint density at radius 3 is 2.35 bits per heavy atom. The summed E-state index contributed by atoms with van der Waals surface area (Å²) in [5.41, 5.74) is 2.85. The van der Waals surface area contributed by atoms with Crippen LogP contribution >= 0.6 is 0 Å². The monoisotopic (exact) mass is 462 g/mol. The molecule has 34 heavy (non-hydrogen) atoms. The molecule has 2 aromatic rings. The number of benzene rings is 2. The lowest BCUT2D eigenvalue weighted by atomic mass is 9.95. The van der Waals surface area contributed by atoms with Crippen LogP contribution in [-0.4, -0.2) is 66.4 Å². The Labute approximate surface area is 197 Å². The molecule has 176 valence electrons. The molecular formula is C26H26N2O6. The highest BCUT2D eigenvalue weighted by Gasteiger charge is 2.49. The molecule has 1 saturated heterocycles. The van der Waals surface area contributed by atoms with Crippen LogP contribution in [0.25, 0.3) is 11.1 Å². The van der Waals surface area contributed by atoms with Crippen LogP contribution in [0.4, 0.5) is 4.79 Å². The van der Waals surface area contributed by atoms with Crippen LogP contribution in [0.15, 0.2) is 48.5 Å². The highest BCUT2D eigenvalue weighted by atomic mass is 16.5. The molecule has 0 saturated carbocycles. The first kappa shape index (κ1) is 23.3. The number of nitrogens with zero attached hydrogens (tertiary/aromatic N) is 1. The van der Waals surface area contributed by atoms with Crippen molar-refractivity contribution in [3.8, 4) is 23.5 Å². The number of terminal acetylenes is 1. The van der Waals surface area contributed by atoms with Crippen molar-refractivity contribution in [2.24, 2.45) is 0 Å². The number of hydrogen-bond acceptors (Lipinski definition) is 5. The molecule has 2 amide bonds. The van der Waals surface area contributed by atoms with Crippen LogP contribution in [0.1, 0.15) is 29.9 Å². The summed E-state index contributed by atoms with van der Waals surface area (Å²) >= 11 is 0. The molecular weight excluding hydrogens is 436 g/mol. The van der Waals surface area contributed by atoms with E-state index in [2.05, 4.69) is 11.2 Å². The van der Waals surface area contributed by atoms with Crippen LogP contribution in [0, 0.1) is 12.3 Å². The largest absolute Gasteiger partial charge is 0.479 e. The van der Waals surface area contributed by atoms with Gasteiger partial charge in [-0.05, 0) is 22.3 Å². The van der Waals surface area contributed by atoms with Crippen molar-refractivity contribution in [2.75, 3.05) is 26.9 Å². The summed E-state index contributed by atoms with van der Waals surface area (Å²) < 4.78 is 10.8. The summed E-state index contributed by atoms with van der Waals surface area (Å²) in [7, 11) is 1.38. The zero-order valence-electron chi connectivity index (χ0n) is 18.8. The maximum Gasteiger partial charge on any atom is 0.407 e. The molecule has 2 N–H and O–H groups in total. The van der Waals surface area contributed by atoms with Crippen molar-refractivity contribution in [1.82, 2.24) is 10.2 Å². The molecule has 0 bridgehead atoms. The Morgan fingerprint density at radius 1 is 1.21 bits per heavy atom. The fourth-order valence-corrected chi connectivity index (χ4v) is 4.68. The second kappa shape index (κ2) is 9.57. The molecule has 1 aliphatic carbocycles. The van der Waals surface area contributed by atoms with Gasteiger partial charge in [0, 0.05) is 32.4 Å². The second-order valence-electron chi connectivity index (χ2n) is 8.47. The smallest absolute Gasteiger partial charge is 0.407 e. The van der Waals surface area contributed by atoms with Gasteiger partial charge in [-0.2, -0.15) is 0 Å². The summed E-state index contributed by atoms with van der Waals surface area (Å²) in [6.07, 6.45) is 4.66. The van der Waals surface area contributed by atoms with Crippen molar-refractivity contribution in [1.29, 1.82) is 0 Å². The molecule has 2 aromatic carbocycles. The van der Waals surface area contributed by atoms with Gasteiger partial charge in [-0.25, -0.2) is 9.59 Å². The minimum absolute atomic E-state index is 0.0829. The first-order chi connectivity index (χ1) is 16.4. The number of aliphatic carboxylic acids is 1. The molecule has 2 atom stereocenters. The number of hydrogen-bond donors (Lipinski definition) is 2. The topological polar surface area (TPSA) is 105 Å². The van der Waals surface area contributed by atoms with E-state index in [0.29, 0.717) is 0 Å². The van der Waals surface area contributed by atoms with Gasteiger partial charge in [0.25, 0.3) is 0 Å². The number of nitrogens with one attached hydrogen (secondary N) is 1. The van der Waals surface area contributed by atoms with E-state index in [1.54, 1.807) is 0 Å². The van der Waals surface area contributed by atoms with E-state index in [1.807, 2.05) is 48.5 Å². The van der Waals surface area contributed by atoms with Gasteiger partial charge in [-0.15, -0.1) is 12.3 Å². The predicted molar refractivity (Wildman–Crippen MR) is 124 cm³/mol. The van der Waals surface area contributed by atoms with Gasteiger partial charge in [0.2, 0.25) is 5.91 Å². The number of carbonyl (C=O) groups excluding carboxylic acids is 2. The van der Waals surface area contributed by atoms with Crippen molar-refractivity contribution >= 4 is 18.0 Å². The average Bonchev–Trinajstić information content (AvgIpc) is 3.46. The minimum Gasteiger partial charge on any atom is -0.479 e. The van der Waals surface area contributed by atoms with Crippen LogP contribution in [0.3, 0.4) is 0 Å². The van der Waals surface area contributed by atoms with Crippen LogP contribution < -0.4 is 5.32 Å². The standard InChI is InChI=1S/C26H26N2O6/c1-3-8-22(23(29)28(2)26(24(30)31)13-14-33-16-26)27-25(32)34-15-21-19-11-6-4-9-17(19)18-10-5-7-12-20(18)21/h1,4-7,9-12,21-22H,8,13-16H2,2H3,(H,27,32)(H,30,31). The Morgan fingerprint density at radius 2 is 1.82 bits per heavy atom. The number of rotatable bonds is 7. The van der Waals surface area contributed by atoms with Crippen molar-refractivity contribution in [3.63, 3.8) is 0 Å². The lowest BCUT2D eigenvalue weighted by Crippen LogP contribution is -2.60. The van der Waals surface area contributed by atoms with E-state index in [-0.39, 0.29) is 38.6 Å². The minimum atomic E-state index is -1.49. The summed E-state index contributed by atoms with van der Waals surface area (Å²) in [4.78, 5) is 38.8. The second-order valence-corrected chi connectivity index (χ2v) is 8.47. The van der Waals surface area contributed by atoms with E-state index < -0.39 is 29.6 Å². The maximum atomic E-state index is 13.1. The molecule has 0 spiro atoms. The molecule has 2 unspecified atom stereocenters. The first-order valence-electron chi connectivity index (χ1n) is 11.0. The summed E-state index contributed by atoms with van der Waals surface area (Å²) in [6.45, 7) is 0.182. The Hall–Kier alpha value is -3.83. The maximum absolute atomic E-state index is 13.1. The van der Waals surface area contributed by atoms with E-state index in [4.69, 9.17) is 15.9 Å². The third-order valence-electron chi connectivity index (χ3n) is 6.63. The first-order valence-corrected chi connectivity index (χ1v) is 11.0.